The predicted octanol–water partition coefficient (Wildman–Crippen LogP) is 4.67. The maximum absolute atomic E-state index is 12.9. The van der Waals surface area contributed by atoms with E-state index in [4.69, 9.17) is 19.6 Å². The minimum Gasteiger partial charge on any atom is -0.476 e. The van der Waals surface area contributed by atoms with Gasteiger partial charge in [0.05, 0.1) is 6.61 Å². The van der Waals surface area contributed by atoms with E-state index in [0.717, 1.165) is 11.8 Å². The molecule has 0 bridgehead atoms. The molecular weight excluding hydrogens is 374 g/mol. The van der Waals surface area contributed by atoms with Gasteiger partial charge in [-0.25, -0.2) is 4.79 Å². The minimum atomic E-state index is -0.935. The molecule has 0 unspecified atom stereocenters. The van der Waals surface area contributed by atoms with Crippen molar-refractivity contribution >= 4 is 12.2 Å². The maximum Gasteiger partial charge on any atom is 0.429 e. The Labute approximate surface area is 171 Å². The molecular formula is C21H28N3O5+. The van der Waals surface area contributed by atoms with Gasteiger partial charge in [-0.15, -0.1) is 0 Å². The Bertz CT molecular complexity index is 806. The lowest BCUT2D eigenvalue weighted by Crippen LogP contribution is -2.53. The van der Waals surface area contributed by atoms with Crippen LogP contribution in [0.25, 0.3) is 11.1 Å². The van der Waals surface area contributed by atoms with Crippen LogP contribution in [0.3, 0.4) is 0 Å². The number of carbonyl (C=O) groups excluding carboxylic acids is 1. The summed E-state index contributed by atoms with van der Waals surface area (Å²) < 4.78 is 16.9. The quantitative estimate of drug-likeness (QED) is 0.568. The van der Waals surface area contributed by atoms with E-state index < -0.39 is 35.5 Å². The number of carbonyl (C=O) groups is 1. The second-order valence-corrected chi connectivity index (χ2v) is 8.11. The molecule has 1 amide bonds. The number of hydrogen-bond acceptors (Lipinski definition) is 6. The molecule has 1 heterocycles. The normalized spacial score (nSPS) is 20.3. The lowest BCUT2D eigenvalue weighted by Gasteiger charge is -2.36. The molecule has 156 valence electrons. The summed E-state index contributed by atoms with van der Waals surface area (Å²) in [7, 11) is 0. The van der Waals surface area contributed by atoms with Gasteiger partial charge in [0, 0.05) is 0 Å². The van der Waals surface area contributed by atoms with Crippen LogP contribution in [-0.2, 0) is 14.2 Å². The third-order valence-electron chi connectivity index (χ3n) is 4.19. The van der Waals surface area contributed by atoms with Gasteiger partial charge in [0.2, 0.25) is 5.39 Å². The number of amides is 1. The van der Waals surface area contributed by atoms with E-state index in [2.05, 4.69) is 4.98 Å². The Balaban J connectivity index is 2.36. The van der Waals surface area contributed by atoms with Crippen molar-refractivity contribution in [1.29, 1.82) is 5.39 Å². The number of aliphatic hydroxyl groups is 1. The highest BCUT2D eigenvalue weighted by Crippen LogP contribution is 2.32. The average molecular weight is 402 g/mol. The Kier molecular flexibility index (Phi) is 6.88. The van der Waals surface area contributed by atoms with Crippen LogP contribution in [-0.4, -0.2) is 46.2 Å². The zero-order valence-electron chi connectivity index (χ0n) is 17.4. The number of ether oxygens (including phenoxy) is 3. The number of hydrogen-bond donors (Lipinski definition) is 1. The molecule has 0 saturated carbocycles. The summed E-state index contributed by atoms with van der Waals surface area (Å²) in [4.78, 5) is 17.1. The molecule has 2 rings (SSSR count). The van der Waals surface area contributed by atoms with Gasteiger partial charge in [-0.1, -0.05) is 36.4 Å². The fourth-order valence-corrected chi connectivity index (χ4v) is 2.98. The number of nitrogens with zero attached hydrogens (tertiary/aromatic N) is 3. The largest absolute Gasteiger partial charge is 0.476 e. The molecule has 1 aliphatic rings. The Morgan fingerprint density at radius 1 is 1.38 bits per heavy atom. The van der Waals surface area contributed by atoms with Crippen molar-refractivity contribution in [1.82, 2.24) is 4.90 Å². The van der Waals surface area contributed by atoms with Gasteiger partial charge in [-0.2, -0.15) is 0 Å². The fourth-order valence-electron chi connectivity index (χ4n) is 2.98. The van der Waals surface area contributed by atoms with Crippen LogP contribution in [0.1, 0.15) is 40.2 Å². The second-order valence-electron chi connectivity index (χ2n) is 8.11. The van der Waals surface area contributed by atoms with Crippen molar-refractivity contribution in [3.63, 3.8) is 0 Å². The smallest absolute Gasteiger partial charge is 0.429 e. The number of aliphatic hydroxyl groups excluding tert-OH is 1. The summed E-state index contributed by atoms with van der Waals surface area (Å²) >= 11 is 0. The first-order chi connectivity index (χ1) is 13.5. The van der Waals surface area contributed by atoms with E-state index in [1.165, 1.54) is 4.90 Å². The molecule has 1 saturated heterocycles. The fraction of sp³-hybridized carbons (Fsp3) is 0.476. The number of rotatable bonds is 5. The van der Waals surface area contributed by atoms with Gasteiger partial charge in [0.25, 0.3) is 0 Å². The first kappa shape index (κ1) is 22.2. The highest BCUT2D eigenvalue weighted by Gasteiger charge is 2.49. The first-order valence-electron chi connectivity index (χ1n) is 9.33. The first-order valence-corrected chi connectivity index (χ1v) is 9.33. The molecule has 1 aromatic rings. The van der Waals surface area contributed by atoms with Crippen LogP contribution in [0.4, 0.5) is 4.79 Å². The molecule has 1 aliphatic heterocycles. The molecule has 1 fully saturated rings. The molecule has 8 heteroatoms. The lowest BCUT2D eigenvalue weighted by molar-refractivity contribution is -0.0694. The number of diazo groups is 1. The molecule has 2 atom stereocenters. The van der Waals surface area contributed by atoms with Crippen LogP contribution in [0.5, 0.6) is 0 Å². The minimum absolute atomic E-state index is 0.166. The zero-order valence-corrected chi connectivity index (χ0v) is 17.4. The van der Waals surface area contributed by atoms with E-state index in [-0.39, 0.29) is 6.61 Å². The summed E-state index contributed by atoms with van der Waals surface area (Å²) in [5.74, 6) is -0.593. The van der Waals surface area contributed by atoms with Crippen molar-refractivity contribution in [2.24, 2.45) is 0 Å². The van der Waals surface area contributed by atoms with Crippen LogP contribution in [0.15, 0.2) is 48.6 Å². The standard InChI is InChI=1S/C21H27N3O5/c1-20(2,3)29-19(26)24-16(14-27-21(24,4)5)17(28-18(25)13-23-22)12-11-15-9-7-6-8-10-15/h6-13,16-17H,14H2,1-5H3/p+1/b12-11-,18-13-/t16-,17+/m0/s1. The third kappa shape index (κ3) is 6.22. The van der Waals surface area contributed by atoms with E-state index in [9.17, 15) is 9.90 Å². The van der Waals surface area contributed by atoms with E-state index >= 15 is 0 Å². The highest BCUT2D eigenvalue weighted by molar-refractivity contribution is 5.70. The van der Waals surface area contributed by atoms with Gasteiger partial charge in [-0.3, -0.25) is 4.90 Å². The van der Waals surface area contributed by atoms with Gasteiger partial charge >= 0.3 is 18.2 Å². The number of benzene rings is 1. The third-order valence-corrected chi connectivity index (χ3v) is 4.19. The summed E-state index contributed by atoms with van der Waals surface area (Å²) in [5, 5.41) is 18.5. The zero-order chi connectivity index (χ0) is 21.7. The summed E-state index contributed by atoms with van der Waals surface area (Å²) in [6, 6.07) is 8.92. The van der Waals surface area contributed by atoms with E-state index in [1.54, 1.807) is 40.7 Å². The van der Waals surface area contributed by atoms with Gasteiger partial charge < -0.3 is 19.3 Å². The van der Waals surface area contributed by atoms with Crippen molar-refractivity contribution in [3.05, 3.63) is 59.1 Å². The van der Waals surface area contributed by atoms with Gasteiger partial charge in [-0.05, 0) is 46.3 Å². The average Bonchev–Trinajstić information content (AvgIpc) is 2.93. The summed E-state index contributed by atoms with van der Waals surface area (Å²) in [6.07, 6.45) is 2.95. The molecule has 1 aromatic carbocycles. The van der Waals surface area contributed by atoms with Crippen molar-refractivity contribution in [2.75, 3.05) is 6.61 Å². The van der Waals surface area contributed by atoms with Crippen molar-refractivity contribution in [3.8, 4) is 0 Å². The van der Waals surface area contributed by atoms with Crippen LogP contribution < -0.4 is 0 Å². The Hall–Kier alpha value is -3.05. The molecule has 0 radical (unpaired) electrons. The molecule has 0 spiro atoms. The van der Waals surface area contributed by atoms with Gasteiger partial charge in [0.15, 0.2) is 4.98 Å². The topological polar surface area (TPSA) is 96.4 Å². The molecule has 1 N–H and O–H groups in total. The Morgan fingerprint density at radius 2 is 2.03 bits per heavy atom. The maximum atomic E-state index is 12.9. The SMILES string of the molecule is CC(C)(C)OC(=O)N1[C@H]([C@@H](/C=C\c2ccccc2)O/C(O)=C\[N+]#N)COC1(C)C. The molecule has 29 heavy (non-hydrogen) atoms. The second kappa shape index (κ2) is 8.97. The highest BCUT2D eigenvalue weighted by atomic mass is 16.6. The van der Waals surface area contributed by atoms with Crippen molar-refractivity contribution < 1.29 is 24.1 Å². The lowest BCUT2D eigenvalue weighted by atomic mass is 10.1. The van der Waals surface area contributed by atoms with E-state index in [1.807, 2.05) is 36.4 Å². The molecule has 0 aromatic heterocycles. The predicted molar refractivity (Wildman–Crippen MR) is 108 cm³/mol. The Morgan fingerprint density at radius 3 is 2.62 bits per heavy atom. The molecule has 8 nitrogen and oxygen atoms in total. The van der Waals surface area contributed by atoms with Crippen molar-refractivity contribution in [2.45, 2.75) is 58.1 Å². The van der Waals surface area contributed by atoms with Crippen LogP contribution in [0, 0.1) is 5.39 Å². The van der Waals surface area contributed by atoms with Crippen LogP contribution in [0.2, 0.25) is 0 Å². The van der Waals surface area contributed by atoms with Gasteiger partial charge in [0.1, 0.15) is 23.5 Å². The van der Waals surface area contributed by atoms with Crippen LogP contribution >= 0.6 is 0 Å². The van der Waals surface area contributed by atoms with E-state index in [0.29, 0.717) is 0 Å². The summed E-state index contributed by atoms with van der Waals surface area (Å²) in [5.41, 5.74) is -0.706. The summed E-state index contributed by atoms with van der Waals surface area (Å²) in [6.45, 7) is 9.03. The molecule has 0 aliphatic carbocycles. The monoisotopic (exact) mass is 402 g/mol.